The van der Waals surface area contributed by atoms with Gasteiger partial charge in [0.1, 0.15) is 7.05 Å². The Morgan fingerprint density at radius 3 is 1.80 bits per heavy atom. The second-order valence-corrected chi connectivity index (χ2v) is 7.84. The highest BCUT2D eigenvalue weighted by Gasteiger charge is 2.18. The first-order valence-electron chi connectivity index (χ1n) is 10.3. The maximum absolute atomic E-state index is 2.29. The van der Waals surface area contributed by atoms with Crippen molar-refractivity contribution < 1.29 is 4.57 Å². The average Bonchev–Trinajstić information content (AvgIpc) is 2.80. The number of fused-ring (bicyclic) bond motifs is 1. The molecule has 0 fully saturated rings. The molecule has 0 unspecified atom stereocenters. The summed E-state index contributed by atoms with van der Waals surface area (Å²) in [7, 11) is 2.13. The minimum absolute atomic E-state index is 1.25. The van der Waals surface area contributed by atoms with Crippen molar-refractivity contribution in [1.29, 1.82) is 0 Å². The number of hydrogen-bond donors (Lipinski definition) is 0. The molecular formula is C29H24N+. The van der Waals surface area contributed by atoms with Gasteiger partial charge in [0.05, 0.1) is 5.39 Å². The van der Waals surface area contributed by atoms with E-state index >= 15 is 0 Å². The van der Waals surface area contributed by atoms with Gasteiger partial charge in [-0.1, -0.05) is 78.9 Å². The summed E-state index contributed by atoms with van der Waals surface area (Å²) >= 11 is 0. The molecule has 1 heteroatoms. The smallest absolute Gasteiger partial charge is 0.200 e. The molecule has 0 aliphatic heterocycles. The van der Waals surface area contributed by atoms with Crippen molar-refractivity contribution >= 4 is 10.8 Å². The second-order valence-electron chi connectivity index (χ2n) is 7.84. The van der Waals surface area contributed by atoms with Crippen molar-refractivity contribution in [2.24, 2.45) is 7.05 Å². The van der Waals surface area contributed by atoms with E-state index in [0.717, 1.165) is 0 Å². The van der Waals surface area contributed by atoms with Crippen molar-refractivity contribution in [2.45, 2.75) is 6.92 Å². The summed E-state index contributed by atoms with van der Waals surface area (Å²) in [5.74, 6) is 0. The standard InChI is InChI=1S/C29H24N/c1-21-19-24(22-9-5-3-6-10-22)13-15-27(21)29-28-16-14-25(23-11-7-4-8-12-23)20-26(28)17-18-30(29)2/h3-20H,1-2H3/q+1. The van der Waals surface area contributed by atoms with Crippen molar-refractivity contribution in [3.05, 3.63) is 115 Å². The fourth-order valence-corrected chi connectivity index (χ4v) is 4.26. The van der Waals surface area contributed by atoms with E-state index in [0.29, 0.717) is 0 Å². The highest BCUT2D eigenvalue weighted by atomic mass is 14.9. The topological polar surface area (TPSA) is 3.88 Å². The fraction of sp³-hybridized carbons (Fsp3) is 0.0690. The number of nitrogens with zero attached hydrogens (tertiary/aromatic N) is 1. The molecule has 0 atom stereocenters. The third-order valence-corrected chi connectivity index (χ3v) is 5.83. The summed E-state index contributed by atoms with van der Waals surface area (Å²) in [6.07, 6.45) is 2.16. The lowest BCUT2D eigenvalue weighted by atomic mass is 9.94. The Morgan fingerprint density at radius 1 is 0.567 bits per heavy atom. The molecule has 0 radical (unpaired) electrons. The Labute approximate surface area is 177 Å². The van der Waals surface area contributed by atoms with Crippen molar-refractivity contribution in [2.75, 3.05) is 0 Å². The van der Waals surface area contributed by atoms with Crippen LogP contribution in [-0.4, -0.2) is 0 Å². The first-order valence-corrected chi connectivity index (χ1v) is 10.3. The lowest BCUT2D eigenvalue weighted by Gasteiger charge is -2.11. The molecule has 0 aliphatic carbocycles. The zero-order valence-electron chi connectivity index (χ0n) is 17.3. The lowest BCUT2D eigenvalue weighted by molar-refractivity contribution is -0.659. The van der Waals surface area contributed by atoms with E-state index in [4.69, 9.17) is 0 Å². The van der Waals surface area contributed by atoms with Crippen LogP contribution in [0.25, 0.3) is 44.3 Å². The second kappa shape index (κ2) is 7.61. The molecule has 4 aromatic carbocycles. The highest BCUT2D eigenvalue weighted by Crippen LogP contribution is 2.32. The van der Waals surface area contributed by atoms with Crippen LogP contribution in [0.5, 0.6) is 0 Å². The van der Waals surface area contributed by atoms with Gasteiger partial charge in [-0.15, -0.1) is 0 Å². The molecule has 0 amide bonds. The summed E-state index contributed by atoms with van der Waals surface area (Å²) < 4.78 is 2.23. The number of hydrogen-bond acceptors (Lipinski definition) is 0. The largest absolute Gasteiger partial charge is 0.220 e. The van der Waals surface area contributed by atoms with Gasteiger partial charge in [0.2, 0.25) is 5.69 Å². The van der Waals surface area contributed by atoms with Crippen molar-refractivity contribution in [1.82, 2.24) is 0 Å². The van der Waals surface area contributed by atoms with Crippen LogP contribution in [0.2, 0.25) is 0 Å². The third kappa shape index (κ3) is 3.29. The van der Waals surface area contributed by atoms with Gasteiger partial charge in [0, 0.05) is 11.6 Å². The normalized spacial score (nSPS) is 11.0. The molecule has 30 heavy (non-hydrogen) atoms. The van der Waals surface area contributed by atoms with E-state index in [1.54, 1.807) is 0 Å². The van der Waals surface area contributed by atoms with Gasteiger partial charge < -0.3 is 0 Å². The van der Waals surface area contributed by atoms with Crippen LogP contribution in [0.4, 0.5) is 0 Å². The fourth-order valence-electron chi connectivity index (χ4n) is 4.26. The number of benzene rings is 4. The molecule has 0 saturated heterocycles. The number of aryl methyl sites for hydroxylation is 2. The predicted molar refractivity (Wildman–Crippen MR) is 126 cm³/mol. The van der Waals surface area contributed by atoms with E-state index in [1.807, 2.05) is 0 Å². The molecule has 1 aromatic heterocycles. The number of aromatic nitrogens is 1. The van der Waals surface area contributed by atoms with Gasteiger partial charge in [-0.2, -0.15) is 0 Å². The Morgan fingerprint density at radius 2 is 1.17 bits per heavy atom. The highest BCUT2D eigenvalue weighted by molar-refractivity contribution is 5.96. The first kappa shape index (κ1) is 18.3. The van der Waals surface area contributed by atoms with Gasteiger partial charge in [-0.05, 0) is 58.3 Å². The van der Waals surface area contributed by atoms with Gasteiger partial charge >= 0.3 is 0 Å². The van der Waals surface area contributed by atoms with Gasteiger partial charge in [0.15, 0.2) is 6.20 Å². The molecule has 0 saturated carbocycles. The van der Waals surface area contributed by atoms with Crippen LogP contribution in [0.1, 0.15) is 5.56 Å². The molecule has 5 aromatic rings. The van der Waals surface area contributed by atoms with Crippen LogP contribution in [0.15, 0.2) is 109 Å². The Kier molecular flexibility index (Phi) is 4.65. The number of pyridine rings is 1. The van der Waals surface area contributed by atoms with E-state index in [9.17, 15) is 0 Å². The number of rotatable bonds is 3. The third-order valence-electron chi connectivity index (χ3n) is 5.83. The Balaban J connectivity index is 1.64. The summed E-state index contributed by atoms with van der Waals surface area (Å²) in [6, 6.07) is 36.9. The van der Waals surface area contributed by atoms with Crippen LogP contribution >= 0.6 is 0 Å². The van der Waals surface area contributed by atoms with E-state index in [-0.39, 0.29) is 0 Å². The SMILES string of the molecule is Cc1cc(-c2ccccc2)ccc1-c1c2ccc(-c3ccccc3)cc2cc[n+]1C. The minimum Gasteiger partial charge on any atom is -0.200 e. The van der Waals surface area contributed by atoms with E-state index in [1.165, 1.54) is 49.8 Å². The molecule has 0 aliphatic rings. The van der Waals surface area contributed by atoms with Gasteiger partial charge in [-0.25, -0.2) is 4.57 Å². The van der Waals surface area contributed by atoms with Gasteiger partial charge in [-0.3, -0.25) is 0 Å². The zero-order valence-corrected chi connectivity index (χ0v) is 17.3. The molecule has 0 bridgehead atoms. The summed E-state index contributed by atoms with van der Waals surface area (Å²) in [6.45, 7) is 2.21. The summed E-state index contributed by atoms with van der Waals surface area (Å²) in [5, 5.41) is 2.53. The summed E-state index contributed by atoms with van der Waals surface area (Å²) in [4.78, 5) is 0. The van der Waals surface area contributed by atoms with Crippen LogP contribution in [0, 0.1) is 6.92 Å². The minimum atomic E-state index is 1.25. The molecule has 1 heterocycles. The van der Waals surface area contributed by atoms with Crippen molar-refractivity contribution in [3.63, 3.8) is 0 Å². The van der Waals surface area contributed by atoms with Crippen LogP contribution in [0.3, 0.4) is 0 Å². The van der Waals surface area contributed by atoms with Gasteiger partial charge in [0.25, 0.3) is 0 Å². The molecule has 144 valence electrons. The van der Waals surface area contributed by atoms with E-state index < -0.39 is 0 Å². The maximum Gasteiger partial charge on any atom is 0.220 e. The molecule has 1 nitrogen and oxygen atoms in total. The molecular weight excluding hydrogens is 362 g/mol. The molecule has 5 rings (SSSR count). The lowest BCUT2D eigenvalue weighted by Crippen LogP contribution is -2.30. The van der Waals surface area contributed by atoms with Crippen LogP contribution < -0.4 is 4.57 Å². The quantitative estimate of drug-likeness (QED) is 0.295. The molecule has 0 spiro atoms. The Bertz CT molecular complexity index is 1340. The Hall–Kier alpha value is -3.71. The zero-order chi connectivity index (χ0) is 20.5. The van der Waals surface area contributed by atoms with E-state index in [2.05, 4.69) is 128 Å². The maximum atomic E-state index is 2.29. The summed E-state index contributed by atoms with van der Waals surface area (Å²) in [5.41, 5.74) is 8.82. The predicted octanol–water partition coefficient (Wildman–Crippen LogP) is 6.97. The van der Waals surface area contributed by atoms with Crippen molar-refractivity contribution in [3.8, 4) is 33.5 Å². The monoisotopic (exact) mass is 386 g/mol. The first-order chi connectivity index (χ1) is 14.7. The average molecular weight is 387 g/mol. The molecule has 0 N–H and O–H groups in total. The van der Waals surface area contributed by atoms with Crippen LogP contribution in [-0.2, 0) is 7.05 Å².